The van der Waals surface area contributed by atoms with Gasteiger partial charge in [0.2, 0.25) is 11.8 Å². The molecular formula is C25H26FN3O4. The number of carbonyl (C=O) groups is 2. The molecule has 2 aliphatic rings. The number of ether oxygens (including phenoxy) is 1. The van der Waals surface area contributed by atoms with Crippen molar-refractivity contribution in [2.75, 3.05) is 13.7 Å². The Labute approximate surface area is 190 Å². The van der Waals surface area contributed by atoms with E-state index in [0.717, 1.165) is 32.1 Å². The summed E-state index contributed by atoms with van der Waals surface area (Å²) in [6.45, 7) is 0.644. The molecular weight excluding hydrogens is 425 g/mol. The first-order valence-corrected chi connectivity index (χ1v) is 11.3. The first kappa shape index (κ1) is 21.6. The summed E-state index contributed by atoms with van der Waals surface area (Å²) in [4.78, 5) is 31.3. The SMILES string of the molecule is CN(C(=O)c1ccc(-c2nc3c(F)cccc3o2)cc1)[C@@H]1CC[C@H](NC(=O)[C@@H]2CCCO2)C1. The van der Waals surface area contributed by atoms with E-state index in [9.17, 15) is 14.0 Å². The predicted octanol–water partition coefficient (Wildman–Crippen LogP) is 3.92. The Balaban J connectivity index is 1.22. The number of aromatic nitrogens is 1. The molecule has 3 atom stereocenters. The summed E-state index contributed by atoms with van der Waals surface area (Å²) in [7, 11) is 1.80. The lowest BCUT2D eigenvalue weighted by Crippen LogP contribution is -2.41. The van der Waals surface area contributed by atoms with Crippen LogP contribution in [0.4, 0.5) is 4.39 Å². The fourth-order valence-corrected chi connectivity index (χ4v) is 4.68. The molecule has 1 aliphatic carbocycles. The highest BCUT2D eigenvalue weighted by Crippen LogP contribution is 2.28. The summed E-state index contributed by atoms with van der Waals surface area (Å²) in [6.07, 6.45) is 3.77. The van der Waals surface area contributed by atoms with Crippen LogP contribution in [-0.2, 0) is 9.53 Å². The molecule has 0 unspecified atom stereocenters. The largest absolute Gasteiger partial charge is 0.436 e. The maximum atomic E-state index is 13.9. The molecule has 172 valence electrons. The van der Waals surface area contributed by atoms with Crippen LogP contribution in [-0.4, -0.2) is 53.5 Å². The molecule has 0 radical (unpaired) electrons. The normalized spacial score (nSPS) is 22.5. The van der Waals surface area contributed by atoms with Crippen molar-refractivity contribution < 1.29 is 23.1 Å². The zero-order chi connectivity index (χ0) is 22.9. The number of nitrogens with one attached hydrogen (secondary N) is 1. The molecule has 1 saturated heterocycles. The highest BCUT2D eigenvalue weighted by molar-refractivity contribution is 5.94. The Morgan fingerprint density at radius 1 is 1.12 bits per heavy atom. The number of halogens is 1. The number of hydrogen-bond donors (Lipinski definition) is 1. The molecule has 2 heterocycles. The monoisotopic (exact) mass is 451 g/mol. The quantitative estimate of drug-likeness (QED) is 0.636. The molecule has 2 fully saturated rings. The third-order valence-electron chi connectivity index (χ3n) is 6.59. The Hall–Kier alpha value is -3.26. The van der Waals surface area contributed by atoms with E-state index >= 15 is 0 Å². The Kier molecular flexibility index (Phi) is 5.85. The lowest BCUT2D eigenvalue weighted by molar-refractivity contribution is -0.130. The van der Waals surface area contributed by atoms with Gasteiger partial charge in [0.1, 0.15) is 11.6 Å². The zero-order valence-corrected chi connectivity index (χ0v) is 18.4. The Morgan fingerprint density at radius 2 is 1.94 bits per heavy atom. The summed E-state index contributed by atoms with van der Waals surface area (Å²) in [5.41, 5.74) is 1.79. The van der Waals surface area contributed by atoms with Gasteiger partial charge >= 0.3 is 0 Å². The minimum absolute atomic E-state index is 0.0400. The fraction of sp³-hybridized carbons (Fsp3) is 0.400. The molecule has 3 aromatic rings. The van der Waals surface area contributed by atoms with E-state index in [0.29, 0.717) is 29.2 Å². The number of hydrogen-bond acceptors (Lipinski definition) is 5. The van der Waals surface area contributed by atoms with Crippen molar-refractivity contribution in [3.8, 4) is 11.5 Å². The average molecular weight is 451 g/mol. The second-order valence-electron chi connectivity index (χ2n) is 8.77. The van der Waals surface area contributed by atoms with Crippen molar-refractivity contribution in [3.05, 3.63) is 53.8 Å². The number of benzene rings is 2. The molecule has 1 aromatic heterocycles. The summed E-state index contributed by atoms with van der Waals surface area (Å²) in [5, 5.41) is 3.08. The molecule has 33 heavy (non-hydrogen) atoms. The van der Waals surface area contributed by atoms with Gasteiger partial charge in [0, 0.05) is 36.9 Å². The summed E-state index contributed by atoms with van der Waals surface area (Å²) in [5.74, 6) is -0.246. The fourth-order valence-electron chi connectivity index (χ4n) is 4.68. The lowest BCUT2D eigenvalue weighted by Gasteiger charge is -2.25. The van der Waals surface area contributed by atoms with Crippen LogP contribution in [0.3, 0.4) is 0 Å². The summed E-state index contributed by atoms with van der Waals surface area (Å²) < 4.78 is 25.0. The maximum absolute atomic E-state index is 13.9. The molecule has 5 rings (SSSR count). The van der Waals surface area contributed by atoms with Crippen LogP contribution in [0.5, 0.6) is 0 Å². The van der Waals surface area contributed by atoms with Crippen molar-refractivity contribution in [2.24, 2.45) is 0 Å². The number of oxazole rings is 1. The van der Waals surface area contributed by atoms with Crippen LogP contribution in [0.1, 0.15) is 42.5 Å². The van der Waals surface area contributed by atoms with Gasteiger partial charge in [-0.15, -0.1) is 0 Å². The van der Waals surface area contributed by atoms with E-state index in [2.05, 4.69) is 10.3 Å². The topological polar surface area (TPSA) is 84.7 Å². The number of carbonyl (C=O) groups excluding carboxylic acids is 2. The van der Waals surface area contributed by atoms with Gasteiger partial charge in [-0.1, -0.05) is 6.07 Å². The predicted molar refractivity (Wildman–Crippen MR) is 120 cm³/mol. The van der Waals surface area contributed by atoms with Crippen molar-refractivity contribution in [3.63, 3.8) is 0 Å². The second-order valence-corrected chi connectivity index (χ2v) is 8.77. The number of rotatable bonds is 5. The van der Waals surface area contributed by atoms with Gasteiger partial charge < -0.3 is 19.4 Å². The second kappa shape index (κ2) is 8.94. The number of fused-ring (bicyclic) bond motifs is 1. The van der Waals surface area contributed by atoms with E-state index < -0.39 is 5.82 Å². The number of nitrogens with zero attached hydrogens (tertiary/aromatic N) is 2. The van der Waals surface area contributed by atoms with Gasteiger partial charge in [0.25, 0.3) is 5.91 Å². The molecule has 2 aromatic carbocycles. The summed E-state index contributed by atoms with van der Waals surface area (Å²) in [6, 6.07) is 11.7. The van der Waals surface area contributed by atoms with Crippen LogP contribution in [0.25, 0.3) is 22.6 Å². The van der Waals surface area contributed by atoms with Gasteiger partial charge in [-0.2, -0.15) is 0 Å². The number of para-hydroxylation sites is 1. The molecule has 7 nitrogen and oxygen atoms in total. The van der Waals surface area contributed by atoms with E-state index in [1.807, 2.05) is 0 Å². The Bertz CT molecular complexity index is 1170. The molecule has 8 heteroatoms. The maximum Gasteiger partial charge on any atom is 0.253 e. The van der Waals surface area contributed by atoms with E-state index in [1.165, 1.54) is 6.07 Å². The molecule has 1 N–H and O–H groups in total. The first-order chi connectivity index (χ1) is 16.0. The smallest absolute Gasteiger partial charge is 0.253 e. The van der Waals surface area contributed by atoms with Crippen molar-refractivity contribution in [2.45, 2.75) is 50.3 Å². The van der Waals surface area contributed by atoms with Crippen LogP contribution < -0.4 is 5.32 Å². The van der Waals surface area contributed by atoms with Crippen molar-refractivity contribution in [1.29, 1.82) is 0 Å². The lowest BCUT2D eigenvalue weighted by atomic mass is 10.1. The Morgan fingerprint density at radius 3 is 2.67 bits per heavy atom. The molecule has 0 bridgehead atoms. The van der Waals surface area contributed by atoms with Crippen LogP contribution in [0.15, 0.2) is 46.9 Å². The zero-order valence-electron chi connectivity index (χ0n) is 18.4. The average Bonchev–Trinajstić information content (AvgIpc) is 3.59. The number of amides is 2. The van der Waals surface area contributed by atoms with E-state index in [4.69, 9.17) is 9.15 Å². The van der Waals surface area contributed by atoms with E-state index in [1.54, 1.807) is 48.3 Å². The van der Waals surface area contributed by atoms with Crippen LogP contribution in [0, 0.1) is 5.82 Å². The molecule has 2 amide bonds. The summed E-state index contributed by atoms with van der Waals surface area (Å²) >= 11 is 0. The highest BCUT2D eigenvalue weighted by Gasteiger charge is 2.33. The minimum atomic E-state index is -0.433. The van der Waals surface area contributed by atoms with Gasteiger partial charge in [0.15, 0.2) is 11.4 Å². The highest BCUT2D eigenvalue weighted by atomic mass is 19.1. The third kappa shape index (κ3) is 4.35. The standard InChI is InChI=1S/C25H26FN3O4/c1-29(18-12-11-17(14-18)27-23(30)21-6-3-13-32-21)25(31)16-9-7-15(8-10-16)24-28-22-19(26)4-2-5-20(22)33-24/h2,4-5,7-10,17-18,21H,3,6,11-14H2,1H3,(H,27,30)/t17-,18+,21-/m0/s1. The molecule has 1 saturated carbocycles. The third-order valence-corrected chi connectivity index (χ3v) is 6.59. The van der Waals surface area contributed by atoms with Crippen LogP contribution in [0.2, 0.25) is 0 Å². The molecule has 0 spiro atoms. The van der Waals surface area contributed by atoms with Gasteiger partial charge in [-0.05, 0) is 68.5 Å². The van der Waals surface area contributed by atoms with Gasteiger partial charge in [-0.3, -0.25) is 9.59 Å². The first-order valence-electron chi connectivity index (χ1n) is 11.3. The van der Waals surface area contributed by atoms with Crippen molar-refractivity contribution >= 4 is 22.9 Å². The van der Waals surface area contributed by atoms with Crippen molar-refractivity contribution in [1.82, 2.24) is 15.2 Å². The van der Waals surface area contributed by atoms with Gasteiger partial charge in [0.05, 0.1) is 0 Å². The minimum Gasteiger partial charge on any atom is -0.436 e. The van der Waals surface area contributed by atoms with Gasteiger partial charge in [-0.25, -0.2) is 9.37 Å². The van der Waals surface area contributed by atoms with Crippen LogP contribution >= 0.6 is 0 Å². The van der Waals surface area contributed by atoms with E-state index in [-0.39, 0.29) is 35.5 Å². The molecule has 1 aliphatic heterocycles.